The lowest BCUT2D eigenvalue weighted by molar-refractivity contribution is -0.140. The molecule has 0 saturated heterocycles. The first-order valence-electron chi connectivity index (χ1n) is 9.56. The average molecular weight is 420 g/mol. The lowest BCUT2D eigenvalue weighted by atomic mass is 9.88. The van der Waals surface area contributed by atoms with E-state index in [2.05, 4.69) is 6.58 Å². The predicted octanol–water partition coefficient (Wildman–Crippen LogP) is 1.92. The van der Waals surface area contributed by atoms with Gasteiger partial charge in [-0.05, 0) is 32.3 Å². The molecule has 2 bridgehead atoms. The van der Waals surface area contributed by atoms with Gasteiger partial charge in [0.1, 0.15) is 23.2 Å². The molecule has 2 N–H and O–H groups in total. The smallest absolute Gasteiger partial charge is 0.341 e. The van der Waals surface area contributed by atoms with Gasteiger partial charge in [-0.25, -0.2) is 9.59 Å². The molecule has 0 aromatic carbocycles. The van der Waals surface area contributed by atoms with Gasteiger partial charge in [-0.2, -0.15) is 0 Å². The summed E-state index contributed by atoms with van der Waals surface area (Å²) in [5, 5.41) is 21.2. The van der Waals surface area contributed by atoms with Gasteiger partial charge in [0.2, 0.25) is 0 Å². The fourth-order valence-corrected chi connectivity index (χ4v) is 3.47. The molecule has 0 fully saturated rings. The molecule has 8 heteroatoms. The Morgan fingerprint density at radius 3 is 2.43 bits per heavy atom. The molecule has 164 valence electrons. The van der Waals surface area contributed by atoms with Crippen molar-refractivity contribution < 1.29 is 38.5 Å². The number of hydrogen-bond donors (Lipinski definition) is 2. The molecule has 1 aromatic heterocycles. The molecular weight excluding hydrogens is 392 g/mol. The lowest BCUT2D eigenvalue weighted by Crippen LogP contribution is -2.37. The molecule has 0 saturated carbocycles. The highest BCUT2D eigenvalue weighted by Crippen LogP contribution is 2.29. The van der Waals surface area contributed by atoms with Crippen LogP contribution in [0.15, 0.2) is 34.3 Å². The largest absolute Gasteiger partial charge is 0.466 e. The fourth-order valence-electron chi connectivity index (χ4n) is 3.47. The first-order chi connectivity index (χ1) is 14.0. The third kappa shape index (κ3) is 5.46. The third-order valence-electron chi connectivity index (χ3n) is 5.15. The highest BCUT2D eigenvalue weighted by Gasteiger charge is 2.34. The molecule has 0 amide bonds. The maximum atomic E-state index is 12.6. The molecule has 1 aromatic rings. The van der Waals surface area contributed by atoms with Crippen LogP contribution in [-0.2, 0) is 31.9 Å². The Morgan fingerprint density at radius 2 is 1.87 bits per heavy atom. The number of carbonyl (C=O) groups is 3. The molecule has 0 radical (unpaired) electrons. The summed E-state index contributed by atoms with van der Waals surface area (Å²) < 4.78 is 15.4. The topological polar surface area (TPSA) is 123 Å². The summed E-state index contributed by atoms with van der Waals surface area (Å²) in [7, 11) is 2.41. The van der Waals surface area contributed by atoms with Gasteiger partial charge >= 0.3 is 11.9 Å². The maximum Gasteiger partial charge on any atom is 0.341 e. The minimum atomic E-state index is -1.73. The molecule has 0 unspecified atom stereocenters. The second-order valence-electron chi connectivity index (χ2n) is 7.89. The van der Waals surface area contributed by atoms with E-state index >= 15 is 0 Å². The van der Waals surface area contributed by atoms with Crippen molar-refractivity contribution in [2.75, 3.05) is 14.2 Å². The Bertz CT molecular complexity index is 874. The Morgan fingerprint density at radius 1 is 1.23 bits per heavy atom. The number of methoxy groups -OCH3 is 2. The number of rotatable bonds is 3. The molecule has 3 atom stereocenters. The summed E-state index contributed by atoms with van der Waals surface area (Å²) in [5.41, 5.74) is -0.790. The second-order valence-corrected chi connectivity index (χ2v) is 7.89. The first kappa shape index (κ1) is 23.6. The monoisotopic (exact) mass is 420 g/mol. The number of aliphatic hydroxyl groups is 2. The van der Waals surface area contributed by atoms with Crippen molar-refractivity contribution in [3.63, 3.8) is 0 Å². The van der Waals surface area contributed by atoms with Crippen molar-refractivity contribution in [1.29, 1.82) is 0 Å². The molecule has 1 aliphatic heterocycles. The zero-order valence-corrected chi connectivity index (χ0v) is 17.7. The van der Waals surface area contributed by atoms with Crippen LogP contribution in [0.1, 0.15) is 48.6 Å². The van der Waals surface area contributed by atoms with E-state index in [1.54, 1.807) is 6.92 Å². The van der Waals surface area contributed by atoms with Crippen molar-refractivity contribution in [3.8, 4) is 0 Å². The Labute approximate surface area is 175 Å². The summed E-state index contributed by atoms with van der Waals surface area (Å²) in [5.74, 6) is -1.73. The molecule has 2 heterocycles. The number of ether oxygens (including phenoxy) is 2. The number of fused-ring (bicyclic) bond motifs is 2. The van der Waals surface area contributed by atoms with Crippen LogP contribution in [0.4, 0.5) is 0 Å². The standard InChI is InChI=1S/C22H28O8/c1-12(2)13-6-7-15(20(25)28-4)19(24)17(23)11-22(3,27)10-14-9-16(21(26)29-5)18(8-13)30-14/h7,9,13,19,24,27H,1,6,8,10-11H2,2-5H3/t13-,19-,22+/m0/s1. The average Bonchev–Trinajstić information content (AvgIpc) is 3.06. The van der Waals surface area contributed by atoms with Crippen LogP contribution in [-0.4, -0.2) is 53.9 Å². The van der Waals surface area contributed by atoms with Crippen LogP contribution < -0.4 is 0 Å². The number of hydrogen-bond acceptors (Lipinski definition) is 8. The van der Waals surface area contributed by atoms with Crippen molar-refractivity contribution in [1.82, 2.24) is 0 Å². The van der Waals surface area contributed by atoms with E-state index in [9.17, 15) is 24.6 Å². The normalized spacial score (nSPS) is 25.3. The SMILES string of the molecule is C=C(C)[C@H]1CC=C(C(=O)OC)[C@H](O)C(=O)C[C@](C)(O)Cc2cc(C(=O)OC)c(o2)C1. The first-order valence-corrected chi connectivity index (χ1v) is 9.56. The maximum absolute atomic E-state index is 12.6. The molecule has 8 nitrogen and oxygen atoms in total. The van der Waals surface area contributed by atoms with Crippen molar-refractivity contribution in [2.24, 2.45) is 5.92 Å². The predicted molar refractivity (Wildman–Crippen MR) is 107 cm³/mol. The van der Waals surface area contributed by atoms with Gasteiger partial charge in [-0.15, -0.1) is 0 Å². The van der Waals surface area contributed by atoms with Gasteiger partial charge in [0.05, 0.1) is 25.4 Å². The van der Waals surface area contributed by atoms with E-state index in [0.717, 1.165) is 12.7 Å². The molecule has 0 aliphatic carbocycles. The second kappa shape index (κ2) is 9.40. The fraction of sp³-hybridized carbons (Fsp3) is 0.500. The number of allylic oxidation sites excluding steroid dienone is 2. The van der Waals surface area contributed by atoms with Crippen LogP contribution in [0.25, 0.3) is 0 Å². The Hall–Kier alpha value is -2.71. The highest BCUT2D eigenvalue weighted by atomic mass is 16.5. The minimum absolute atomic E-state index is 0.0789. The van der Waals surface area contributed by atoms with Crippen LogP contribution in [0.5, 0.6) is 0 Å². The zero-order valence-electron chi connectivity index (χ0n) is 17.7. The molecule has 1 aliphatic rings. The number of aliphatic hydroxyl groups excluding tert-OH is 1. The molecule has 2 rings (SSSR count). The van der Waals surface area contributed by atoms with E-state index in [0.29, 0.717) is 11.5 Å². The van der Waals surface area contributed by atoms with Gasteiger partial charge in [0.25, 0.3) is 0 Å². The van der Waals surface area contributed by atoms with Crippen LogP contribution >= 0.6 is 0 Å². The van der Waals surface area contributed by atoms with Gasteiger partial charge < -0.3 is 24.1 Å². The minimum Gasteiger partial charge on any atom is -0.466 e. The van der Waals surface area contributed by atoms with E-state index in [1.165, 1.54) is 26.2 Å². The Balaban J connectivity index is 2.59. The quantitative estimate of drug-likeness (QED) is 0.562. The third-order valence-corrected chi connectivity index (χ3v) is 5.15. The van der Waals surface area contributed by atoms with Crippen molar-refractivity contribution >= 4 is 17.7 Å². The molecule has 0 spiro atoms. The number of Topliss-reactive ketones (excluding diaryl/α,β-unsaturated/α-hetero) is 1. The molecule has 30 heavy (non-hydrogen) atoms. The number of esters is 2. The van der Waals surface area contributed by atoms with E-state index in [-0.39, 0.29) is 36.3 Å². The van der Waals surface area contributed by atoms with Crippen molar-refractivity contribution in [2.45, 2.75) is 51.2 Å². The molecular formula is C22H28O8. The summed E-state index contributed by atoms with van der Waals surface area (Å²) in [6, 6.07) is 1.49. The van der Waals surface area contributed by atoms with E-state index in [4.69, 9.17) is 13.9 Å². The van der Waals surface area contributed by atoms with Crippen molar-refractivity contribution in [3.05, 3.63) is 47.0 Å². The van der Waals surface area contributed by atoms with E-state index < -0.39 is 35.8 Å². The van der Waals surface area contributed by atoms with Gasteiger partial charge in [0, 0.05) is 19.3 Å². The summed E-state index contributed by atoms with van der Waals surface area (Å²) >= 11 is 0. The van der Waals surface area contributed by atoms with Crippen LogP contribution in [0, 0.1) is 5.92 Å². The summed E-state index contributed by atoms with van der Waals surface area (Å²) in [4.78, 5) is 36.9. The van der Waals surface area contributed by atoms with Gasteiger partial charge in [-0.3, -0.25) is 4.79 Å². The summed E-state index contributed by atoms with van der Waals surface area (Å²) in [6.07, 6.45) is -0.288. The Kier molecular flexibility index (Phi) is 7.39. The number of furan rings is 1. The van der Waals surface area contributed by atoms with Crippen LogP contribution in [0.3, 0.4) is 0 Å². The highest BCUT2D eigenvalue weighted by molar-refractivity contribution is 5.99. The zero-order chi connectivity index (χ0) is 22.6. The summed E-state index contributed by atoms with van der Waals surface area (Å²) in [6.45, 7) is 7.17. The number of ketones is 1. The van der Waals surface area contributed by atoms with Gasteiger partial charge in [-0.1, -0.05) is 18.2 Å². The lowest BCUT2D eigenvalue weighted by Gasteiger charge is -2.23. The van der Waals surface area contributed by atoms with E-state index in [1.807, 2.05) is 0 Å². The number of carbonyl (C=O) groups excluding carboxylic acids is 3. The van der Waals surface area contributed by atoms with Crippen LogP contribution in [0.2, 0.25) is 0 Å². The van der Waals surface area contributed by atoms with Gasteiger partial charge in [0.15, 0.2) is 5.78 Å².